The second-order valence-electron chi connectivity index (χ2n) is 5.25. The molecule has 0 radical (unpaired) electrons. The zero-order chi connectivity index (χ0) is 12.5. The van der Waals surface area contributed by atoms with Crippen molar-refractivity contribution in [3.63, 3.8) is 0 Å². The first-order valence-corrected chi connectivity index (χ1v) is 7.83. The van der Waals surface area contributed by atoms with Crippen LogP contribution in [0.4, 0.5) is 4.39 Å². The topological polar surface area (TPSA) is 0 Å². The van der Waals surface area contributed by atoms with E-state index in [0.29, 0.717) is 14.7 Å². The lowest BCUT2D eigenvalue weighted by Crippen LogP contribution is -2.25. The molecule has 3 heteroatoms. The van der Waals surface area contributed by atoms with E-state index in [-0.39, 0.29) is 5.82 Å². The molecular formula is C14H17Br2F. The van der Waals surface area contributed by atoms with Gasteiger partial charge in [-0.3, -0.25) is 0 Å². The molecule has 0 heterocycles. The summed E-state index contributed by atoms with van der Waals surface area (Å²) in [6.45, 7) is 2.34. The molecule has 94 valence electrons. The molecule has 0 bridgehead atoms. The third-order valence-electron chi connectivity index (χ3n) is 3.84. The number of hydrogen-bond acceptors (Lipinski definition) is 0. The molecule has 1 saturated carbocycles. The molecule has 0 aliphatic heterocycles. The van der Waals surface area contributed by atoms with Gasteiger partial charge in [-0.15, -0.1) is 0 Å². The molecule has 17 heavy (non-hydrogen) atoms. The van der Waals surface area contributed by atoms with Gasteiger partial charge in [0.2, 0.25) is 0 Å². The van der Waals surface area contributed by atoms with Gasteiger partial charge in [-0.05, 0) is 51.9 Å². The number of benzene rings is 1. The second kappa shape index (κ2) is 5.40. The molecule has 1 aromatic carbocycles. The zero-order valence-electron chi connectivity index (χ0n) is 9.98. The zero-order valence-corrected chi connectivity index (χ0v) is 13.2. The smallest absolute Gasteiger partial charge is 0.137 e. The van der Waals surface area contributed by atoms with E-state index in [1.165, 1.54) is 37.7 Å². The quantitative estimate of drug-likeness (QED) is 0.565. The van der Waals surface area contributed by atoms with Gasteiger partial charge in [-0.2, -0.15) is 0 Å². The van der Waals surface area contributed by atoms with E-state index in [1.54, 1.807) is 6.07 Å². The van der Waals surface area contributed by atoms with Crippen LogP contribution in [0.25, 0.3) is 0 Å². The van der Waals surface area contributed by atoms with Crippen LogP contribution in [0.2, 0.25) is 0 Å². The summed E-state index contributed by atoms with van der Waals surface area (Å²) in [5.74, 6) is -0.192. The summed E-state index contributed by atoms with van der Waals surface area (Å²) in [7, 11) is 0. The van der Waals surface area contributed by atoms with Crippen molar-refractivity contribution in [3.05, 3.63) is 34.1 Å². The Balaban J connectivity index is 2.23. The van der Waals surface area contributed by atoms with Crippen molar-refractivity contribution in [2.45, 2.75) is 43.9 Å². The van der Waals surface area contributed by atoms with E-state index >= 15 is 0 Å². The number of alkyl halides is 1. The summed E-state index contributed by atoms with van der Waals surface area (Å²) in [6.07, 6.45) is 6.46. The molecule has 2 rings (SSSR count). The van der Waals surface area contributed by atoms with Gasteiger partial charge in [-0.25, -0.2) is 4.39 Å². The maximum absolute atomic E-state index is 13.2. The number of halogens is 3. The van der Waals surface area contributed by atoms with Gasteiger partial charge in [0.15, 0.2) is 0 Å². The Morgan fingerprint density at radius 1 is 1.24 bits per heavy atom. The minimum Gasteiger partial charge on any atom is -0.206 e. The Morgan fingerprint density at radius 2 is 1.88 bits per heavy atom. The first-order chi connectivity index (χ1) is 8.03. The maximum atomic E-state index is 13.2. The van der Waals surface area contributed by atoms with Crippen LogP contribution in [0.5, 0.6) is 0 Å². The molecule has 1 unspecified atom stereocenters. The third-order valence-corrected chi connectivity index (χ3v) is 6.09. The van der Waals surface area contributed by atoms with E-state index in [0.717, 1.165) is 0 Å². The molecule has 0 N–H and O–H groups in total. The van der Waals surface area contributed by atoms with Gasteiger partial charge in [0.25, 0.3) is 0 Å². The summed E-state index contributed by atoms with van der Waals surface area (Å²) >= 11 is 7.08. The van der Waals surface area contributed by atoms with Crippen LogP contribution >= 0.6 is 31.9 Å². The Bertz CT molecular complexity index is 397. The molecule has 0 aromatic heterocycles. The molecule has 1 atom stereocenters. The molecule has 1 aliphatic carbocycles. The average molecular weight is 364 g/mol. The predicted octanol–water partition coefficient (Wildman–Crippen LogP) is 5.99. The highest BCUT2D eigenvalue weighted by Gasteiger charge is 2.34. The van der Waals surface area contributed by atoms with Crippen LogP contribution in [0, 0.1) is 11.2 Å². The third kappa shape index (κ3) is 2.93. The van der Waals surface area contributed by atoms with E-state index in [9.17, 15) is 4.39 Å². The van der Waals surface area contributed by atoms with E-state index in [1.807, 2.05) is 12.1 Å². The SMILES string of the molecule is CC1(C(Br)c2ccc(F)c(Br)c2)CCCCC1. The van der Waals surface area contributed by atoms with Crippen LogP contribution in [-0.4, -0.2) is 0 Å². The summed E-state index contributed by atoms with van der Waals surface area (Å²) < 4.78 is 13.8. The minimum atomic E-state index is -0.192. The lowest BCUT2D eigenvalue weighted by atomic mass is 9.72. The average Bonchev–Trinajstić information content (AvgIpc) is 2.33. The summed E-state index contributed by atoms with van der Waals surface area (Å²) in [6, 6.07) is 5.33. The van der Waals surface area contributed by atoms with Crippen molar-refractivity contribution < 1.29 is 4.39 Å². The fraction of sp³-hybridized carbons (Fsp3) is 0.571. The highest BCUT2D eigenvalue weighted by atomic mass is 79.9. The molecular weight excluding hydrogens is 347 g/mol. The molecule has 1 aromatic rings. The van der Waals surface area contributed by atoms with Gasteiger partial charge in [-0.1, -0.05) is 48.2 Å². The molecule has 0 saturated heterocycles. The molecule has 0 nitrogen and oxygen atoms in total. The van der Waals surface area contributed by atoms with Gasteiger partial charge in [0.1, 0.15) is 5.82 Å². The van der Waals surface area contributed by atoms with E-state index in [2.05, 4.69) is 38.8 Å². The highest BCUT2D eigenvalue weighted by Crippen LogP contribution is 2.50. The van der Waals surface area contributed by atoms with Crippen LogP contribution in [0.1, 0.15) is 49.4 Å². The van der Waals surface area contributed by atoms with Gasteiger partial charge in [0.05, 0.1) is 4.47 Å². The minimum absolute atomic E-state index is 0.192. The Labute approximate surface area is 119 Å². The van der Waals surface area contributed by atoms with Crippen LogP contribution in [0.3, 0.4) is 0 Å². The fourth-order valence-corrected chi connectivity index (χ4v) is 3.82. The summed E-state index contributed by atoms with van der Waals surface area (Å²) in [5.41, 5.74) is 1.47. The molecule has 1 fully saturated rings. The molecule has 1 aliphatic rings. The van der Waals surface area contributed by atoms with Crippen molar-refractivity contribution in [1.82, 2.24) is 0 Å². The van der Waals surface area contributed by atoms with Crippen molar-refractivity contribution >= 4 is 31.9 Å². The predicted molar refractivity (Wildman–Crippen MR) is 77.0 cm³/mol. The standard InChI is InChI=1S/C14H17Br2F/c1-14(7-3-2-4-8-14)13(16)10-5-6-12(17)11(15)9-10/h5-6,9,13H,2-4,7-8H2,1H3. The molecule has 0 amide bonds. The van der Waals surface area contributed by atoms with E-state index in [4.69, 9.17) is 0 Å². The second-order valence-corrected chi connectivity index (χ2v) is 7.02. The van der Waals surface area contributed by atoms with Crippen LogP contribution in [0.15, 0.2) is 22.7 Å². The first kappa shape index (κ1) is 13.5. The van der Waals surface area contributed by atoms with Crippen molar-refractivity contribution in [2.24, 2.45) is 5.41 Å². The van der Waals surface area contributed by atoms with Gasteiger partial charge in [0, 0.05) is 4.83 Å². The Morgan fingerprint density at radius 3 is 2.47 bits per heavy atom. The summed E-state index contributed by atoms with van der Waals surface area (Å²) in [5, 5.41) is 0. The lowest BCUT2D eigenvalue weighted by Gasteiger charge is -2.38. The fourth-order valence-electron chi connectivity index (χ4n) is 2.69. The largest absolute Gasteiger partial charge is 0.206 e. The van der Waals surface area contributed by atoms with E-state index < -0.39 is 0 Å². The first-order valence-electron chi connectivity index (χ1n) is 6.12. The lowest BCUT2D eigenvalue weighted by molar-refractivity contribution is 0.213. The van der Waals surface area contributed by atoms with Crippen LogP contribution < -0.4 is 0 Å². The van der Waals surface area contributed by atoms with Crippen molar-refractivity contribution in [1.29, 1.82) is 0 Å². The summed E-state index contributed by atoms with van der Waals surface area (Å²) in [4.78, 5) is 0.312. The normalized spacial score (nSPS) is 21.2. The van der Waals surface area contributed by atoms with Crippen molar-refractivity contribution in [2.75, 3.05) is 0 Å². The van der Waals surface area contributed by atoms with Gasteiger partial charge >= 0.3 is 0 Å². The van der Waals surface area contributed by atoms with Crippen LogP contribution in [-0.2, 0) is 0 Å². The number of rotatable bonds is 2. The van der Waals surface area contributed by atoms with Gasteiger partial charge < -0.3 is 0 Å². The number of hydrogen-bond donors (Lipinski definition) is 0. The maximum Gasteiger partial charge on any atom is 0.137 e. The highest BCUT2D eigenvalue weighted by molar-refractivity contribution is 9.10. The monoisotopic (exact) mass is 362 g/mol. The Kier molecular flexibility index (Phi) is 4.30. The Hall–Kier alpha value is 0.110. The van der Waals surface area contributed by atoms with Crippen molar-refractivity contribution in [3.8, 4) is 0 Å². The molecule has 0 spiro atoms.